The van der Waals surface area contributed by atoms with E-state index in [4.69, 9.17) is 18.9 Å². The van der Waals surface area contributed by atoms with E-state index in [1.807, 2.05) is 20.8 Å². The van der Waals surface area contributed by atoms with Crippen LogP contribution in [0.1, 0.15) is 27.2 Å². The van der Waals surface area contributed by atoms with Gasteiger partial charge in [0.05, 0.1) is 39.6 Å². The molecule has 0 amide bonds. The molecule has 0 aromatic rings. The van der Waals surface area contributed by atoms with Crippen LogP contribution in [0.4, 0.5) is 0 Å². The zero-order valence-electron chi connectivity index (χ0n) is 13.4. The lowest BCUT2D eigenvalue weighted by Crippen LogP contribution is -2.17. The van der Waals surface area contributed by atoms with E-state index >= 15 is 0 Å². The van der Waals surface area contributed by atoms with E-state index in [1.165, 1.54) is 0 Å². The van der Waals surface area contributed by atoms with Gasteiger partial charge in [0, 0.05) is 12.3 Å². The summed E-state index contributed by atoms with van der Waals surface area (Å²) in [5.74, 6) is 0.198. The molecule has 0 aliphatic heterocycles. The predicted molar refractivity (Wildman–Crippen MR) is 78.4 cm³/mol. The maximum absolute atomic E-state index is 11.2. The van der Waals surface area contributed by atoms with Gasteiger partial charge in [-0.2, -0.15) is 0 Å². The van der Waals surface area contributed by atoms with Gasteiger partial charge in [-0.1, -0.05) is 20.8 Å². The number of Topliss-reactive ketones (excluding diaryl/α,β-unsaturated/α-hetero) is 2. The molecular weight excluding hydrogens is 276 g/mol. The normalized spacial score (nSPS) is 11.0. The Morgan fingerprint density at radius 3 is 1.62 bits per heavy atom. The summed E-state index contributed by atoms with van der Waals surface area (Å²) in [6.45, 7) is 8.44. The summed E-state index contributed by atoms with van der Waals surface area (Å²) >= 11 is 0. The van der Waals surface area contributed by atoms with Crippen molar-refractivity contribution in [3.05, 3.63) is 0 Å². The second kappa shape index (κ2) is 14.1. The van der Waals surface area contributed by atoms with Crippen LogP contribution in [-0.2, 0) is 28.5 Å². The topological polar surface area (TPSA) is 71.1 Å². The second-order valence-corrected chi connectivity index (χ2v) is 4.84. The summed E-state index contributed by atoms with van der Waals surface area (Å²) in [5, 5.41) is 0. The molecule has 6 heteroatoms. The first-order chi connectivity index (χ1) is 10.1. The van der Waals surface area contributed by atoms with Crippen molar-refractivity contribution >= 4 is 11.6 Å². The lowest BCUT2D eigenvalue weighted by atomic mass is 10.1. The molecule has 0 unspecified atom stereocenters. The Morgan fingerprint density at radius 1 is 0.762 bits per heavy atom. The second-order valence-electron chi connectivity index (χ2n) is 4.84. The maximum atomic E-state index is 11.2. The van der Waals surface area contributed by atoms with Crippen molar-refractivity contribution < 1.29 is 28.5 Å². The van der Waals surface area contributed by atoms with Crippen LogP contribution < -0.4 is 0 Å². The minimum atomic E-state index is 0.00848. The standard InChI is InChI=1S/C15H28O6/c1-4-14(16)11-20-9-7-18-5-6-19-8-10-21-12-15(17)13(2)3/h13H,4-12H2,1-3H3. The third kappa shape index (κ3) is 13.9. The highest BCUT2D eigenvalue weighted by Gasteiger charge is 2.06. The molecular formula is C15H28O6. The first-order valence-corrected chi connectivity index (χ1v) is 7.43. The highest BCUT2D eigenvalue weighted by atomic mass is 16.6. The Balaban J connectivity index is 3.12. The van der Waals surface area contributed by atoms with Gasteiger partial charge in [-0.3, -0.25) is 9.59 Å². The number of carbonyl (C=O) groups excluding carboxylic acids is 2. The quantitative estimate of drug-likeness (QED) is 0.424. The number of carbonyl (C=O) groups is 2. The van der Waals surface area contributed by atoms with Gasteiger partial charge in [0.25, 0.3) is 0 Å². The van der Waals surface area contributed by atoms with Crippen molar-refractivity contribution in [2.24, 2.45) is 5.92 Å². The molecule has 0 N–H and O–H groups in total. The lowest BCUT2D eigenvalue weighted by Gasteiger charge is -2.07. The summed E-state index contributed by atoms with van der Waals surface area (Å²) < 4.78 is 20.9. The van der Waals surface area contributed by atoms with E-state index in [-0.39, 0.29) is 30.7 Å². The molecule has 0 bridgehead atoms. The van der Waals surface area contributed by atoms with Crippen molar-refractivity contribution in [3.8, 4) is 0 Å². The van der Waals surface area contributed by atoms with E-state index in [1.54, 1.807) is 0 Å². The molecule has 0 aliphatic carbocycles. The van der Waals surface area contributed by atoms with Crippen molar-refractivity contribution in [1.29, 1.82) is 0 Å². The Hall–Kier alpha value is -0.820. The van der Waals surface area contributed by atoms with Crippen LogP contribution in [0.25, 0.3) is 0 Å². The van der Waals surface area contributed by atoms with Crippen LogP contribution in [0.3, 0.4) is 0 Å². The van der Waals surface area contributed by atoms with Crippen LogP contribution in [0.15, 0.2) is 0 Å². The Morgan fingerprint density at radius 2 is 1.19 bits per heavy atom. The zero-order chi connectivity index (χ0) is 15.9. The van der Waals surface area contributed by atoms with Crippen molar-refractivity contribution in [1.82, 2.24) is 0 Å². The molecule has 0 spiro atoms. The number of ketones is 2. The Kier molecular flexibility index (Phi) is 13.6. The van der Waals surface area contributed by atoms with Gasteiger partial charge in [-0.25, -0.2) is 0 Å². The molecule has 0 saturated carbocycles. The molecule has 0 fully saturated rings. The fourth-order valence-electron chi connectivity index (χ4n) is 1.19. The minimum Gasteiger partial charge on any atom is -0.377 e. The van der Waals surface area contributed by atoms with Crippen molar-refractivity contribution in [2.45, 2.75) is 27.2 Å². The van der Waals surface area contributed by atoms with E-state index in [2.05, 4.69) is 0 Å². The van der Waals surface area contributed by atoms with Gasteiger partial charge >= 0.3 is 0 Å². The predicted octanol–water partition coefficient (Wildman–Crippen LogP) is 1.26. The molecule has 0 atom stereocenters. The average molecular weight is 304 g/mol. The maximum Gasteiger partial charge on any atom is 0.160 e. The summed E-state index contributed by atoms with van der Waals surface area (Å²) in [4.78, 5) is 22.2. The molecule has 0 rings (SSSR count). The van der Waals surface area contributed by atoms with Crippen LogP contribution in [0.2, 0.25) is 0 Å². The van der Waals surface area contributed by atoms with E-state index < -0.39 is 0 Å². The smallest absolute Gasteiger partial charge is 0.160 e. The fraction of sp³-hybridized carbons (Fsp3) is 0.867. The van der Waals surface area contributed by atoms with Crippen molar-refractivity contribution in [3.63, 3.8) is 0 Å². The van der Waals surface area contributed by atoms with Crippen LogP contribution in [0.5, 0.6) is 0 Å². The fourth-order valence-corrected chi connectivity index (χ4v) is 1.19. The number of hydrogen-bond acceptors (Lipinski definition) is 6. The Bertz CT molecular complexity index is 277. The van der Waals surface area contributed by atoms with Crippen LogP contribution in [-0.4, -0.2) is 64.4 Å². The van der Waals surface area contributed by atoms with E-state index in [9.17, 15) is 9.59 Å². The first-order valence-electron chi connectivity index (χ1n) is 7.43. The summed E-state index contributed by atoms with van der Waals surface area (Å²) in [7, 11) is 0. The molecule has 0 radical (unpaired) electrons. The van der Waals surface area contributed by atoms with Gasteiger partial charge in [0.1, 0.15) is 13.2 Å². The van der Waals surface area contributed by atoms with E-state index in [0.717, 1.165) is 0 Å². The first kappa shape index (κ1) is 20.2. The Labute approximate surface area is 127 Å². The number of ether oxygens (including phenoxy) is 4. The molecule has 0 saturated heterocycles. The van der Waals surface area contributed by atoms with Crippen LogP contribution in [0, 0.1) is 5.92 Å². The largest absolute Gasteiger partial charge is 0.377 e. The molecule has 0 heterocycles. The minimum absolute atomic E-state index is 0.00848. The third-order valence-electron chi connectivity index (χ3n) is 2.66. The molecule has 21 heavy (non-hydrogen) atoms. The van der Waals surface area contributed by atoms with E-state index in [0.29, 0.717) is 46.1 Å². The van der Waals surface area contributed by atoms with Gasteiger partial charge in [0.15, 0.2) is 11.6 Å². The molecule has 0 aliphatic rings. The van der Waals surface area contributed by atoms with Crippen molar-refractivity contribution in [2.75, 3.05) is 52.9 Å². The average Bonchev–Trinajstić information content (AvgIpc) is 2.47. The van der Waals surface area contributed by atoms with Gasteiger partial charge in [-0.05, 0) is 0 Å². The number of rotatable bonds is 15. The lowest BCUT2D eigenvalue weighted by molar-refractivity contribution is -0.127. The summed E-state index contributed by atoms with van der Waals surface area (Å²) in [6.07, 6.45) is 0.500. The van der Waals surface area contributed by atoms with Gasteiger partial charge in [-0.15, -0.1) is 0 Å². The highest BCUT2D eigenvalue weighted by molar-refractivity contribution is 5.81. The molecule has 0 aromatic heterocycles. The van der Waals surface area contributed by atoms with Gasteiger partial charge < -0.3 is 18.9 Å². The molecule has 0 aromatic carbocycles. The molecule has 6 nitrogen and oxygen atoms in total. The van der Waals surface area contributed by atoms with Gasteiger partial charge in [0.2, 0.25) is 0 Å². The van der Waals surface area contributed by atoms with Crippen LogP contribution >= 0.6 is 0 Å². The zero-order valence-corrected chi connectivity index (χ0v) is 13.4. The number of hydrogen-bond donors (Lipinski definition) is 0. The highest BCUT2D eigenvalue weighted by Crippen LogP contribution is 1.94. The SMILES string of the molecule is CCC(=O)COCCOCCOCCOCC(=O)C(C)C. The third-order valence-corrected chi connectivity index (χ3v) is 2.66. The summed E-state index contributed by atoms with van der Waals surface area (Å²) in [5.41, 5.74) is 0. The summed E-state index contributed by atoms with van der Waals surface area (Å²) in [6, 6.07) is 0. The molecule has 124 valence electrons. The monoisotopic (exact) mass is 304 g/mol.